The Labute approximate surface area is 371 Å². The topological polar surface area (TPSA) is 154 Å². The van der Waals surface area contributed by atoms with Crippen LogP contribution in [0.3, 0.4) is 0 Å². The first-order valence-electron chi connectivity index (χ1n) is 20.8. The summed E-state index contributed by atoms with van der Waals surface area (Å²) in [6.07, 6.45) is 6.98. The quantitative estimate of drug-likeness (QED) is 0.124. The molecule has 2 aromatic heterocycles. The number of nitrogens with one attached hydrogen (secondary N) is 2. The molecule has 324 valence electrons. The molecule has 16 heteroatoms. The molecule has 1 aliphatic heterocycles. The molecular formula is C46H48Cl2FN7O5S. The predicted octanol–water partition coefficient (Wildman–Crippen LogP) is 9.76. The number of sulfonamides is 1. The van der Waals surface area contributed by atoms with E-state index in [0.717, 1.165) is 80.5 Å². The van der Waals surface area contributed by atoms with Crippen molar-refractivity contribution in [3.05, 3.63) is 106 Å². The normalized spacial score (nSPS) is 20.8. The lowest BCUT2D eigenvalue weighted by molar-refractivity contribution is 0.0377. The fourth-order valence-electron chi connectivity index (χ4n) is 8.53. The molecule has 62 heavy (non-hydrogen) atoms. The number of anilines is 1. The Kier molecular flexibility index (Phi) is 12.5. The van der Waals surface area contributed by atoms with Crippen molar-refractivity contribution in [2.75, 3.05) is 44.2 Å². The van der Waals surface area contributed by atoms with Gasteiger partial charge in [-0.15, -0.1) is 0 Å². The molecule has 1 saturated heterocycles. The van der Waals surface area contributed by atoms with Crippen molar-refractivity contribution in [2.24, 2.45) is 11.3 Å². The molecule has 0 unspecified atom stereocenters. The minimum Gasteiger partial charge on any atom is -0.473 e. The van der Waals surface area contributed by atoms with Crippen molar-refractivity contribution in [3.63, 3.8) is 0 Å². The van der Waals surface area contributed by atoms with Gasteiger partial charge in [-0.3, -0.25) is 14.8 Å². The second kappa shape index (κ2) is 17.9. The molecule has 1 amide bonds. The highest BCUT2D eigenvalue weighted by Gasteiger charge is 2.37. The van der Waals surface area contributed by atoms with Gasteiger partial charge >= 0.3 is 0 Å². The summed E-state index contributed by atoms with van der Waals surface area (Å²) < 4.78 is 56.7. The third-order valence-corrected chi connectivity index (χ3v) is 14.1. The number of carbonyl (C=O) groups is 1. The number of pyridine rings is 1. The van der Waals surface area contributed by atoms with E-state index in [2.05, 4.69) is 61.8 Å². The van der Waals surface area contributed by atoms with Gasteiger partial charge < -0.3 is 14.4 Å². The first-order valence-corrected chi connectivity index (χ1v) is 23.0. The summed E-state index contributed by atoms with van der Waals surface area (Å²) in [5.41, 5.74) is 4.21. The number of hydrogen-bond donors (Lipinski definition) is 2. The lowest BCUT2D eigenvalue weighted by atomic mass is 9.72. The second-order valence-corrected chi connectivity index (χ2v) is 19.8. The number of benzene rings is 3. The Bertz CT molecular complexity index is 2650. The zero-order chi connectivity index (χ0) is 43.6. The van der Waals surface area contributed by atoms with Crippen LogP contribution in [-0.4, -0.2) is 79.4 Å². The van der Waals surface area contributed by atoms with Crippen molar-refractivity contribution >= 4 is 61.3 Å². The van der Waals surface area contributed by atoms with Gasteiger partial charge in [-0.25, -0.2) is 22.5 Å². The number of rotatable bonds is 12. The SMILES string of the molecule is CC1(C)CCC(CN2CCN(c3ccc(C(=O)NS(=O)(=O)c4cnc(OC[C@]5(F)CC[C@H](C#N)CC5)c(Cl)c4)c(Oc4cccc5[nH]ncc45)c3)CC2)=C(c2ccc(Cl)cc2)C1. The minimum absolute atomic E-state index is 0.0169. The van der Waals surface area contributed by atoms with Gasteiger partial charge in [0.15, 0.2) is 0 Å². The van der Waals surface area contributed by atoms with Crippen LogP contribution >= 0.6 is 23.2 Å². The summed E-state index contributed by atoms with van der Waals surface area (Å²) in [5, 5.41) is 17.4. The van der Waals surface area contributed by atoms with E-state index in [1.165, 1.54) is 16.7 Å². The lowest BCUT2D eigenvalue weighted by Crippen LogP contribution is -2.47. The maximum atomic E-state index is 15.3. The molecule has 0 bridgehead atoms. The largest absolute Gasteiger partial charge is 0.473 e. The van der Waals surface area contributed by atoms with E-state index >= 15 is 4.39 Å². The molecule has 0 spiro atoms. The van der Waals surface area contributed by atoms with Crippen molar-refractivity contribution in [3.8, 4) is 23.4 Å². The molecule has 5 aromatic rings. The predicted molar refractivity (Wildman–Crippen MR) is 238 cm³/mol. The number of alkyl halides is 1. The van der Waals surface area contributed by atoms with Gasteiger partial charge in [0.1, 0.15) is 33.7 Å². The zero-order valence-corrected chi connectivity index (χ0v) is 36.9. The van der Waals surface area contributed by atoms with E-state index in [1.807, 2.05) is 18.2 Å². The van der Waals surface area contributed by atoms with E-state index < -0.39 is 21.6 Å². The molecule has 3 heterocycles. The van der Waals surface area contributed by atoms with Crippen molar-refractivity contribution in [2.45, 2.75) is 69.4 Å². The first kappa shape index (κ1) is 43.4. The molecule has 3 aromatic carbocycles. The maximum absolute atomic E-state index is 15.3. The smallest absolute Gasteiger partial charge is 0.268 e. The molecule has 3 aliphatic rings. The van der Waals surface area contributed by atoms with Crippen molar-refractivity contribution in [1.29, 1.82) is 5.26 Å². The second-order valence-electron chi connectivity index (χ2n) is 17.3. The van der Waals surface area contributed by atoms with E-state index in [1.54, 1.807) is 36.5 Å². The highest BCUT2D eigenvalue weighted by molar-refractivity contribution is 7.90. The maximum Gasteiger partial charge on any atom is 0.268 e. The molecule has 2 aliphatic carbocycles. The number of ether oxygens (including phenoxy) is 2. The van der Waals surface area contributed by atoms with Crippen LogP contribution in [0.15, 0.2) is 89.6 Å². The highest BCUT2D eigenvalue weighted by Crippen LogP contribution is 2.44. The van der Waals surface area contributed by atoms with Crippen LogP contribution in [0.1, 0.15) is 74.7 Å². The Morgan fingerprint density at radius 2 is 1.76 bits per heavy atom. The Morgan fingerprint density at radius 1 is 1.00 bits per heavy atom. The van der Waals surface area contributed by atoms with Crippen LogP contribution in [0, 0.1) is 22.7 Å². The fraction of sp³-hybridized carbons (Fsp3) is 0.391. The molecule has 0 atom stereocenters. The molecule has 12 nitrogen and oxygen atoms in total. The fourth-order valence-corrected chi connectivity index (χ4v) is 9.88. The summed E-state index contributed by atoms with van der Waals surface area (Å²) in [7, 11) is -4.50. The number of nitrogens with zero attached hydrogens (tertiary/aromatic N) is 5. The zero-order valence-electron chi connectivity index (χ0n) is 34.6. The van der Waals surface area contributed by atoms with E-state index in [4.69, 9.17) is 37.9 Å². The van der Waals surface area contributed by atoms with Crippen LogP contribution in [0.5, 0.6) is 17.4 Å². The van der Waals surface area contributed by atoms with Gasteiger partial charge in [0, 0.05) is 55.4 Å². The van der Waals surface area contributed by atoms with Crippen LogP contribution in [0.25, 0.3) is 16.5 Å². The average Bonchev–Trinajstić information content (AvgIpc) is 3.75. The number of piperazine rings is 1. The third-order valence-electron chi connectivity index (χ3n) is 12.3. The third kappa shape index (κ3) is 9.87. The number of allylic oxidation sites excluding steroid dienone is 1. The van der Waals surface area contributed by atoms with Gasteiger partial charge in [0.25, 0.3) is 15.9 Å². The van der Waals surface area contributed by atoms with Gasteiger partial charge in [0.05, 0.1) is 34.9 Å². The molecular weight excluding hydrogens is 853 g/mol. The Hall–Kier alpha value is -5.20. The number of carbonyl (C=O) groups excluding carboxylic acids is 1. The minimum atomic E-state index is -4.50. The summed E-state index contributed by atoms with van der Waals surface area (Å²) in [5.74, 6) is -0.685. The molecule has 2 N–H and O–H groups in total. The molecule has 2 fully saturated rings. The van der Waals surface area contributed by atoms with Gasteiger partial charge in [-0.05, 0) is 104 Å². The van der Waals surface area contributed by atoms with Crippen molar-refractivity contribution in [1.82, 2.24) is 24.8 Å². The van der Waals surface area contributed by atoms with E-state index in [-0.39, 0.29) is 57.9 Å². The lowest BCUT2D eigenvalue weighted by Gasteiger charge is -2.39. The van der Waals surface area contributed by atoms with Crippen molar-refractivity contribution < 1.29 is 27.1 Å². The summed E-state index contributed by atoms with van der Waals surface area (Å²) in [6.45, 7) is 8.31. The van der Waals surface area contributed by atoms with E-state index in [9.17, 15) is 13.2 Å². The number of nitriles is 1. The van der Waals surface area contributed by atoms with Gasteiger partial charge in [-0.2, -0.15) is 10.4 Å². The number of hydrogen-bond acceptors (Lipinski definition) is 10. The number of amides is 1. The Morgan fingerprint density at radius 3 is 2.48 bits per heavy atom. The Balaban J connectivity index is 0.983. The van der Waals surface area contributed by atoms with Crippen LogP contribution in [0.4, 0.5) is 10.1 Å². The monoisotopic (exact) mass is 899 g/mol. The number of H-pyrrole nitrogens is 1. The summed E-state index contributed by atoms with van der Waals surface area (Å²) >= 11 is 12.6. The van der Waals surface area contributed by atoms with E-state index in [0.29, 0.717) is 24.0 Å². The number of aromatic nitrogens is 3. The van der Waals surface area contributed by atoms with Gasteiger partial charge in [-0.1, -0.05) is 60.8 Å². The average molecular weight is 901 g/mol. The summed E-state index contributed by atoms with van der Waals surface area (Å²) in [6, 6.07) is 21.9. The van der Waals surface area contributed by atoms with Crippen LogP contribution in [0.2, 0.25) is 10.0 Å². The first-order chi connectivity index (χ1) is 29.7. The van der Waals surface area contributed by atoms with Crippen LogP contribution in [-0.2, 0) is 10.0 Å². The molecule has 0 radical (unpaired) electrons. The standard InChI is InChI=1S/C46H48Cl2FN7O5S/c1-45(2)15-14-32(37(24-45)31-6-8-33(47)9-7-31)28-55-18-20-56(21-19-55)34-10-11-36(42(22-34)61-41-5-3-4-40-38(41)27-52-53-40)43(57)54-62(58,59)35-23-39(48)44(51-26-35)60-29-46(49)16-12-30(25-50)13-17-46/h3-11,22-23,26-27,30H,12-21,24,28-29H2,1-2H3,(H,52,53)(H,54,57)/t30-,46-. The number of fused-ring (bicyclic) bond motifs is 1. The molecule has 8 rings (SSSR count). The highest BCUT2D eigenvalue weighted by atomic mass is 35.5. The van der Waals surface area contributed by atoms with Gasteiger partial charge in [0.2, 0.25) is 5.88 Å². The number of aromatic amines is 1. The summed E-state index contributed by atoms with van der Waals surface area (Å²) in [4.78, 5) is 22.3. The number of halogens is 3. The molecule has 1 saturated carbocycles. The van der Waals surface area contributed by atoms with Crippen LogP contribution < -0.4 is 19.1 Å².